The maximum absolute atomic E-state index is 13.4. The lowest BCUT2D eigenvalue weighted by Crippen LogP contribution is -2.57. The molecule has 1 aromatic rings. The number of carbonyl (C=O) groups is 3. The number of ether oxygens (including phenoxy) is 1. The molecule has 1 aliphatic heterocycles. The van der Waals surface area contributed by atoms with E-state index < -0.39 is 11.5 Å². The van der Waals surface area contributed by atoms with Gasteiger partial charge in [0, 0.05) is 31.3 Å². The van der Waals surface area contributed by atoms with Gasteiger partial charge in [0.2, 0.25) is 5.60 Å². The maximum atomic E-state index is 13.4. The lowest BCUT2D eigenvalue weighted by Gasteiger charge is -2.41. The van der Waals surface area contributed by atoms with Gasteiger partial charge in [-0.05, 0) is 16.4 Å². The van der Waals surface area contributed by atoms with E-state index in [1.807, 2.05) is 58.0 Å². The Kier molecular flexibility index (Phi) is 3.79. The molecule has 27 heavy (non-hydrogen) atoms. The van der Waals surface area contributed by atoms with Crippen molar-refractivity contribution in [2.24, 2.45) is 10.8 Å². The third kappa shape index (κ3) is 2.69. The summed E-state index contributed by atoms with van der Waals surface area (Å²) < 4.78 is 6.24. The molecule has 4 heteroatoms. The van der Waals surface area contributed by atoms with Crippen LogP contribution in [0.25, 0.3) is 0 Å². The predicted molar refractivity (Wildman–Crippen MR) is 101 cm³/mol. The molecule has 4 rings (SSSR count). The number of Topliss-reactive ketones (excluding diaryl/α,β-unsaturated/α-hetero) is 3. The van der Waals surface area contributed by atoms with Crippen LogP contribution in [0.4, 0.5) is 0 Å². The van der Waals surface area contributed by atoms with Crippen molar-refractivity contribution in [2.45, 2.75) is 64.9 Å². The summed E-state index contributed by atoms with van der Waals surface area (Å²) >= 11 is 0. The van der Waals surface area contributed by atoms with Crippen molar-refractivity contribution in [1.82, 2.24) is 0 Å². The van der Waals surface area contributed by atoms with Crippen LogP contribution in [0, 0.1) is 10.8 Å². The van der Waals surface area contributed by atoms with Crippen LogP contribution in [-0.2, 0) is 19.1 Å². The summed E-state index contributed by atoms with van der Waals surface area (Å²) in [4.78, 5) is 39.8. The second-order valence-electron chi connectivity index (χ2n) is 9.82. The third-order valence-corrected chi connectivity index (χ3v) is 6.10. The van der Waals surface area contributed by atoms with E-state index in [-0.39, 0.29) is 41.0 Å². The zero-order chi connectivity index (χ0) is 19.6. The summed E-state index contributed by atoms with van der Waals surface area (Å²) in [6, 6.07) is 9.42. The van der Waals surface area contributed by atoms with E-state index in [1.165, 1.54) is 0 Å². The monoisotopic (exact) mass is 366 g/mol. The topological polar surface area (TPSA) is 60.4 Å². The second-order valence-corrected chi connectivity index (χ2v) is 9.82. The normalized spacial score (nSPS) is 28.3. The van der Waals surface area contributed by atoms with E-state index in [1.54, 1.807) is 0 Å². The van der Waals surface area contributed by atoms with Gasteiger partial charge in [-0.25, -0.2) is 0 Å². The highest BCUT2D eigenvalue weighted by Gasteiger charge is 2.65. The molecular weight excluding hydrogens is 340 g/mol. The molecule has 1 aromatic carbocycles. The number of benzene rings is 1. The number of hydrogen-bond acceptors (Lipinski definition) is 4. The summed E-state index contributed by atoms with van der Waals surface area (Å²) in [5.74, 6) is -0.479. The molecule has 1 spiro atoms. The Morgan fingerprint density at radius 2 is 1.37 bits per heavy atom. The molecule has 0 aromatic heterocycles. The molecule has 3 aliphatic rings. The summed E-state index contributed by atoms with van der Waals surface area (Å²) in [5.41, 5.74) is -0.838. The molecule has 1 atom stereocenters. The quantitative estimate of drug-likeness (QED) is 0.701. The molecule has 1 saturated carbocycles. The fourth-order valence-corrected chi connectivity index (χ4v) is 4.98. The number of allylic oxidation sites excluding steroid dienone is 1. The van der Waals surface area contributed by atoms with Gasteiger partial charge in [0.15, 0.2) is 17.3 Å². The SMILES string of the molecule is CC1(C)CC(=O)C2(OC3=C(C(=O)CC(C)(C)C3)[C@@H]2c2ccccc2)C(=O)C1. The Morgan fingerprint density at radius 1 is 0.815 bits per heavy atom. The average Bonchev–Trinajstić information content (AvgIpc) is 2.88. The van der Waals surface area contributed by atoms with Gasteiger partial charge in [-0.15, -0.1) is 0 Å². The van der Waals surface area contributed by atoms with Crippen LogP contribution in [-0.4, -0.2) is 23.0 Å². The zero-order valence-electron chi connectivity index (χ0n) is 16.4. The first kappa shape index (κ1) is 18.1. The van der Waals surface area contributed by atoms with Crippen molar-refractivity contribution in [3.8, 4) is 0 Å². The molecule has 0 N–H and O–H groups in total. The first-order valence-electron chi connectivity index (χ1n) is 9.63. The Bertz CT molecular complexity index is 853. The van der Waals surface area contributed by atoms with Gasteiger partial charge < -0.3 is 4.74 Å². The molecule has 0 radical (unpaired) electrons. The largest absolute Gasteiger partial charge is 0.474 e. The van der Waals surface area contributed by atoms with E-state index in [0.29, 0.717) is 24.2 Å². The Hall–Kier alpha value is -2.23. The Labute approximate surface area is 160 Å². The molecule has 1 fully saturated rings. The zero-order valence-corrected chi connectivity index (χ0v) is 16.4. The number of rotatable bonds is 1. The van der Waals surface area contributed by atoms with Crippen LogP contribution in [0.2, 0.25) is 0 Å². The fraction of sp³-hybridized carbons (Fsp3) is 0.522. The van der Waals surface area contributed by atoms with Gasteiger partial charge in [-0.1, -0.05) is 58.0 Å². The van der Waals surface area contributed by atoms with Gasteiger partial charge in [0.25, 0.3) is 0 Å². The third-order valence-electron chi connectivity index (χ3n) is 6.10. The summed E-state index contributed by atoms with van der Waals surface area (Å²) in [7, 11) is 0. The Balaban J connectivity index is 1.90. The first-order valence-corrected chi connectivity index (χ1v) is 9.63. The minimum atomic E-state index is -1.57. The molecule has 0 bridgehead atoms. The van der Waals surface area contributed by atoms with Crippen molar-refractivity contribution >= 4 is 17.3 Å². The smallest absolute Gasteiger partial charge is 0.234 e. The molecule has 0 amide bonds. The van der Waals surface area contributed by atoms with Gasteiger partial charge in [0.05, 0.1) is 5.92 Å². The number of hydrogen-bond donors (Lipinski definition) is 0. The van der Waals surface area contributed by atoms with E-state index in [9.17, 15) is 14.4 Å². The fourth-order valence-electron chi connectivity index (χ4n) is 4.98. The molecule has 0 saturated heterocycles. The maximum Gasteiger partial charge on any atom is 0.234 e. The molecule has 4 nitrogen and oxygen atoms in total. The number of ketones is 3. The van der Waals surface area contributed by atoms with Crippen LogP contribution >= 0.6 is 0 Å². The van der Waals surface area contributed by atoms with E-state index in [4.69, 9.17) is 4.74 Å². The molecule has 0 unspecified atom stereocenters. The van der Waals surface area contributed by atoms with Crippen LogP contribution in [0.5, 0.6) is 0 Å². The summed E-state index contributed by atoms with van der Waals surface area (Å²) in [6.07, 6.45) is 1.53. The van der Waals surface area contributed by atoms with Crippen LogP contribution in [0.1, 0.15) is 64.9 Å². The highest BCUT2D eigenvalue weighted by Crippen LogP contribution is 2.57. The first-order chi connectivity index (χ1) is 12.6. The highest BCUT2D eigenvalue weighted by molar-refractivity contribution is 6.17. The summed E-state index contributed by atoms with van der Waals surface area (Å²) in [5, 5.41) is 0. The molecule has 142 valence electrons. The van der Waals surface area contributed by atoms with Crippen LogP contribution in [0.3, 0.4) is 0 Å². The van der Waals surface area contributed by atoms with Crippen molar-refractivity contribution in [1.29, 1.82) is 0 Å². The van der Waals surface area contributed by atoms with Crippen molar-refractivity contribution < 1.29 is 19.1 Å². The minimum absolute atomic E-state index is 0.00240. The number of carbonyl (C=O) groups excluding carboxylic acids is 3. The van der Waals surface area contributed by atoms with Gasteiger partial charge >= 0.3 is 0 Å². The molecular formula is C23H26O4. The van der Waals surface area contributed by atoms with E-state index in [2.05, 4.69) is 0 Å². The molecule has 1 heterocycles. The van der Waals surface area contributed by atoms with E-state index >= 15 is 0 Å². The Morgan fingerprint density at radius 3 is 1.96 bits per heavy atom. The minimum Gasteiger partial charge on any atom is -0.474 e. The van der Waals surface area contributed by atoms with Gasteiger partial charge in [-0.3, -0.25) is 14.4 Å². The summed E-state index contributed by atoms with van der Waals surface area (Å²) in [6.45, 7) is 7.91. The molecule has 2 aliphatic carbocycles. The standard InChI is InChI=1S/C23H26O4/c1-21(2)10-15(24)19-16(11-21)27-23(20(19)14-8-6-5-7-9-14)17(25)12-22(3,4)13-18(23)26/h5-9,20H,10-13H2,1-4H3/t20-/m0/s1. The van der Waals surface area contributed by atoms with Crippen LogP contribution in [0.15, 0.2) is 41.7 Å². The van der Waals surface area contributed by atoms with Crippen molar-refractivity contribution in [3.63, 3.8) is 0 Å². The van der Waals surface area contributed by atoms with Crippen molar-refractivity contribution in [3.05, 3.63) is 47.2 Å². The predicted octanol–water partition coefficient (Wildman–Crippen LogP) is 4.14. The van der Waals surface area contributed by atoms with Crippen LogP contribution < -0.4 is 0 Å². The van der Waals surface area contributed by atoms with Gasteiger partial charge in [-0.2, -0.15) is 0 Å². The van der Waals surface area contributed by atoms with Gasteiger partial charge in [0.1, 0.15) is 5.76 Å². The second kappa shape index (κ2) is 5.63. The average molecular weight is 366 g/mol. The van der Waals surface area contributed by atoms with Crippen molar-refractivity contribution in [2.75, 3.05) is 0 Å². The highest BCUT2D eigenvalue weighted by atomic mass is 16.5. The lowest BCUT2D eigenvalue weighted by molar-refractivity contribution is -0.160. The van der Waals surface area contributed by atoms with E-state index in [0.717, 1.165) is 5.56 Å². The lowest BCUT2D eigenvalue weighted by atomic mass is 9.61.